The summed E-state index contributed by atoms with van der Waals surface area (Å²) in [6.07, 6.45) is 1.28. The Kier molecular flexibility index (Phi) is 2.46. The van der Waals surface area contributed by atoms with Crippen molar-refractivity contribution in [1.82, 2.24) is 0 Å². The van der Waals surface area contributed by atoms with Crippen LogP contribution in [0.2, 0.25) is 5.02 Å². The lowest BCUT2D eigenvalue weighted by molar-refractivity contribution is 0.0932. The zero-order chi connectivity index (χ0) is 10.1. The highest BCUT2D eigenvalue weighted by molar-refractivity contribution is 6.31. The second kappa shape index (κ2) is 3.62. The molecule has 1 aliphatic rings. The number of ether oxygens (including phenoxy) is 1. The predicted octanol–water partition coefficient (Wildman–Crippen LogP) is 2.87. The van der Waals surface area contributed by atoms with E-state index in [0.717, 1.165) is 17.5 Å². The van der Waals surface area contributed by atoms with Crippen LogP contribution in [0.15, 0.2) is 12.1 Å². The standard InChI is InChI=1S/C11H11ClO2/c1-2-7-5-8(12)6-10-11(7)9(13)3-4-14-10/h5-6H,2-4H2,1H3. The molecule has 1 aromatic rings. The molecule has 2 nitrogen and oxygen atoms in total. The van der Waals surface area contributed by atoms with Crippen molar-refractivity contribution in [3.63, 3.8) is 0 Å². The Morgan fingerprint density at radius 3 is 3.00 bits per heavy atom. The van der Waals surface area contributed by atoms with E-state index in [0.29, 0.717) is 23.8 Å². The average molecular weight is 211 g/mol. The van der Waals surface area contributed by atoms with E-state index in [1.54, 1.807) is 6.07 Å². The minimum atomic E-state index is 0.166. The molecule has 0 fully saturated rings. The van der Waals surface area contributed by atoms with Crippen LogP contribution in [0, 0.1) is 0 Å². The molecule has 74 valence electrons. The Morgan fingerprint density at radius 1 is 1.50 bits per heavy atom. The minimum absolute atomic E-state index is 0.166. The van der Waals surface area contributed by atoms with E-state index in [9.17, 15) is 4.79 Å². The second-order valence-corrected chi connectivity index (χ2v) is 3.75. The first kappa shape index (κ1) is 9.53. The molecule has 0 aliphatic carbocycles. The van der Waals surface area contributed by atoms with Gasteiger partial charge in [0, 0.05) is 11.4 Å². The van der Waals surface area contributed by atoms with Gasteiger partial charge in [0.05, 0.1) is 12.2 Å². The van der Waals surface area contributed by atoms with E-state index in [2.05, 4.69) is 0 Å². The highest BCUT2D eigenvalue weighted by atomic mass is 35.5. The maximum Gasteiger partial charge on any atom is 0.170 e. The molecule has 0 spiro atoms. The highest BCUT2D eigenvalue weighted by Crippen LogP contribution is 2.31. The first-order valence-corrected chi connectivity index (χ1v) is 5.08. The van der Waals surface area contributed by atoms with Gasteiger partial charge in [-0.25, -0.2) is 0 Å². The van der Waals surface area contributed by atoms with Gasteiger partial charge in [-0.15, -0.1) is 0 Å². The molecule has 1 aliphatic heterocycles. The summed E-state index contributed by atoms with van der Waals surface area (Å²) in [6, 6.07) is 3.56. The summed E-state index contributed by atoms with van der Waals surface area (Å²) >= 11 is 5.92. The van der Waals surface area contributed by atoms with Crippen molar-refractivity contribution < 1.29 is 9.53 Å². The topological polar surface area (TPSA) is 26.3 Å². The first-order chi connectivity index (χ1) is 6.72. The van der Waals surface area contributed by atoms with Crippen LogP contribution in [0.25, 0.3) is 0 Å². The number of carbonyl (C=O) groups is 1. The molecule has 3 heteroatoms. The Hall–Kier alpha value is -1.02. The van der Waals surface area contributed by atoms with Crippen molar-refractivity contribution in [3.05, 3.63) is 28.3 Å². The molecule has 0 amide bonds. The third kappa shape index (κ3) is 1.50. The number of fused-ring (bicyclic) bond motifs is 1. The van der Waals surface area contributed by atoms with Crippen molar-refractivity contribution in [2.24, 2.45) is 0 Å². The van der Waals surface area contributed by atoms with Crippen molar-refractivity contribution in [3.8, 4) is 5.75 Å². The smallest absolute Gasteiger partial charge is 0.170 e. The number of aryl methyl sites for hydroxylation is 1. The summed E-state index contributed by atoms with van der Waals surface area (Å²) in [7, 11) is 0. The summed E-state index contributed by atoms with van der Waals surface area (Å²) in [4.78, 5) is 11.7. The molecular formula is C11H11ClO2. The van der Waals surface area contributed by atoms with Crippen LogP contribution in [0.5, 0.6) is 5.75 Å². The largest absolute Gasteiger partial charge is 0.492 e. The fourth-order valence-corrected chi connectivity index (χ4v) is 1.95. The number of hydrogen-bond donors (Lipinski definition) is 0. The third-order valence-corrected chi connectivity index (χ3v) is 2.61. The highest BCUT2D eigenvalue weighted by Gasteiger charge is 2.21. The van der Waals surface area contributed by atoms with Gasteiger partial charge in [0.25, 0.3) is 0 Å². The van der Waals surface area contributed by atoms with E-state index >= 15 is 0 Å². The molecule has 0 aromatic heterocycles. The van der Waals surface area contributed by atoms with Gasteiger partial charge in [0.1, 0.15) is 5.75 Å². The lowest BCUT2D eigenvalue weighted by atomic mass is 9.97. The summed E-state index contributed by atoms with van der Waals surface area (Å²) in [6.45, 7) is 2.48. The van der Waals surface area contributed by atoms with Gasteiger partial charge in [-0.05, 0) is 24.1 Å². The van der Waals surface area contributed by atoms with Crippen LogP contribution in [-0.4, -0.2) is 12.4 Å². The molecule has 0 atom stereocenters. The third-order valence-electron chi connectivity index (χ3n) is 2.40. The van der Waals surface area contributed by atoms with Gasteiger partial charge in [-0.3, -0.25) is 4.79 Å². The summed E-state index contributed by atoms with van der Waals surface area (Å²) in [5, 5.41) is 0.635. The molecule has 0 saturated carbocycles. The van der Waals surface area contributed by atoms with Crippen molar-refractivity contribution in [1.29, 1.82) is 0 Å². The van der Waals surface area contributed by atoms with Crippen molar-refractivity contribution in [2.45, 2.75) is 19.8 Å². The summed E-state index contributed by atoms with van der Waals surface area (Å²) in [5.41, 5.74) is 1.71. The Labute approximate surface area is 87.8 Å². The quantitative estimate of drug-likeness (QED) is 0.713. The normalized spacial score (nSPS) is 14.9. The Balaban J connectivity index is 2.61. The van der Waals surface area contributed by atoms with Crippen LogP contribution in [0.3, 0.4) is 0 Å². The van der Waals surface area contributed by atoms with Crippen LogP contribution in [0.4, 0.5) is 0 Å². The molecule has 0 radical (unpaired) electrons. The van der Waals surface area contributed by atoms with E-state index in [1.807, 2.05) is 13.0 Å². The first-order valence-electron chi connectivity index (χ1n) is 4.70. The number of carbonyl (C=O) groups excluding carboxylic acids is 1. The number of halogens is 1. The van der Waals surface area contributed by atoms with Crippen LogP contribution >= 0.6 is 11.6 Å². The number of benzene rings is 1. The fourth-order valence-electron chi connectivity index (χ4n) is 1.72. The number of rotatable bonds is 1. The van der Waals surface area contributed by atoms with Gasteiger partial charge in [0.2, 0.25) is 0 Å². The molecular weight excluding hydrogens is 200 g/mol. The fraction of sp³-hybridized carbons (Fsp3) is 0.364. The molecule has 1 aromatic carbocycles. The van der Waals surface area contributed by atoms with Crippen LogP contribution < -0.4 is 4.74 Å². The zero-order valence-electron chi connectivity index (χ0n) is 7.97. The second-order valence-electron chi connectivity index (χ2n) is 3.31. The van der Waals surface area contributed by atoms with Crippen LogP contribution in [-0.2, 0) is 6.42 Å². The maximum atomic E-state index is 11.7. The van der Waals surface area contributed by atoms with Crippen LogP contribution in [0.1, 0.15) is 29.3 Å². The number of ketones is 1. The number of Topliss-reactive ketones (excluding diaryl/α,β-unsaturated/α-hetero) is 1. The van der Waals surface area contributed by atoms with E-state index < -0.39 is 0 Å². The SMILES string of the molecule is CCc1cc(Cl)cc2c1C(=O)CCO2. The lowest BCUT2D eigenvalue weighted by Crippen LogP contribution is -2.17. The van der Waals surface area contributed by atoms with Gasteiger partial charge in [0.15, 0.2) is 5.78 Å². The summed E-state index contributed by atoms with van der Waals surface area (Å²) in [5.74, 6) is 0.811. The Morgan fingerprint density at radius 2 is 2.29 bits per heavy atom. The Bertz CT molecular complexity index is 368. The molecule has 0 N–H and O–H groups in total. The molecule has 1 heterocycles. The molecule has 0 bridgehead atoms. The van der Waals surface area contributed by atoms with Crippen molar-refractivity contribution >= 4 is 17.4 Å². The molecule has 0 saturated heterocycles. The minimum Gasteiger partial charge on any atom is -0.492 e. The lowest BCUT2D eigenvalue weighted by Gasteiger charge is -2.19. The van der Waals surface area contributed by atoms with Gasteiger partial charge in [-0.1, -0.05) is 18.5 Å². The maximum absolute atomic E-state index is 11.7. The van der Waals surface area contributed by atoms with Crippen molar-refractivity contribution in [2.75, 3.05) is 6.61 Å². The number of hydrogen-bond acceptors (Lipinski definition) is 2. The monoisotopic (exact) mass is 210 g/mol. The van der Waals surface area contributed by atoms with Gasteiger partial charge >= 0.3 is 0 Å². The zero-order valence-corrected chi connectivity index (χ0v) is 8.73. The molecule has 0 unspecified atom stereocenters. The van der Waals surface area contributed by atoms with E-state index in [-0.39, 0.29) is 5.78 Å². The average Bonchev–Trinajstić information content (AvgIpc) is 2.16. The van der Waals surface area contributed by atoms with Gasteiger partial charge < -0.3 is 4.74 Å². The van der Waals surface area contributed by atoms with Gasteiger partial charge in [-0.2, -0.15) is 0 Å². The molecule has 2 rings (SSSR count). The van der Waals surface area contributed by atoms with E-state index in [4.69, 9.17) is 16.3 Å². The van der Waals surface area contributed by atoms with E-state index in [1.165, 1.54) is 0 Å². The summed E-state index contributed by atoms with van der Waals surface area (Å²) < 4.78 is 5.41. The predicted molar refractivity (Wildman–Crippen MR) is 55.3 cm³/mol. The molecule has 14 heavy (non-hydrogen) atoms.